The standard InChI is InChI=1S/C15H20O3/c1-6-7-10(2)8-11(3)14-9-13(16)12(4)15(17-5)18-14/h7-9H,6H2,1-5H3/b10-7-,11-8+. The summed E-state index contributed by atoms with van der Waals surface area (Å²) in [6.45, 7) is 7.72. The first-order chi connectivity index (χ1) is 8.49. The van der Waals surface area contributed by atoms with Gasteiger partial charge in [-0.2, -0.15) is 0 Å². The summed E-state index contributed by atoms with van der Waals surface area (Å²) in [7, 11) is 1.50. The van der Waals surface area contributed by atoms with Crippen molar-refractivity contribution >= 4 is 5.57 Å². The fraction of sp³-hybridized carbons (Fsp3) is 0.400. The quantitative estimate of drug-likeness (QED) is 0.762. The molecule has 0 aliphatic carbocycles. The van der Waals surface area contributed by atoms with Crippen molar-refractivity contribution in [1.82, 2.24) is 0 Å². The van der Waals surface area contributed by atoms with Crippen LogP contribution in [0.15, 0.2) is 33.0 Å². The van der Waals surface area contributed by atoms with E-state index in [1.165, 1.54) is 13.2 Å². The number of hydrogen-bond donors (Lipinski definition) is 0. The molecule has 0 saturated heterocycles. The molecule has 0 aliphatic heterocycles. The summed E-state index contributed by atoms with van der Waals surface area (Å²) in [5.41, 5.74) is 2.48. The molecule has 0 atom stereocenters. The van der Waals surface area contributed by atoms with E-state index in [0.29, 0.717) is 11.3 Å². The molecule has 0 aromatic carbocycles. The molecule has 0 spiro atoms. The lowest BCUT2D eigenvalue weighted by molar-refractivity contribution is 0.289. The molecule has 0 unspecified atom stereocenters. The van der Waals surface area contributed by atoms with Gasteiger partial charge in [-0.1, -0.05) is 24.6 Å². The molecule has 1 rings (SSSR count). The molecule has 1 heterocycles. The number of rotatable bonds is 4. The second-order valence-electron chi connectivity index (χ2n) is 4.28. The van der Waals surface area contributed by atoms with Crippen molar-refractivity contribution in [3.8, 4) is 5.95 Å². The number of hydrogen-bond acceptors (Lipinski definition) is 3. The Bertz CT molecular complexity index is 533. The second-order valence-corrected chi connectivity index (χ2v) is 4.28. The fourth-order valence-electron chi connectivity index (χ4n) is 1.72. The largest absolute Gasteiger partial charge is 0.468 e. The van der Waals surface area contributed by atoms with Crippen molar-refractivity contribution in [1.29, 1.82) is 0 Å². The highest BCUT2D eigenvalue weighted by Gasteiger charge is 2.09. The average molecular weight is 248 g/mol. The van der Waals surface area contributed by atoms with Crippen molar-refractivity contribution in [3.05, 3.63) is 45.3 Å². The van der Waals surface area contributed by atoms with Gasteiger partial charge in [0.05, 0.1) is 12.7 Å². The van der Waals surface area contributed by atoms with E-state index >= 15 is 0 Å². The van der Waals surface area contributed by atoms with Gasteiger partial charge in [0, 0.05) is 6.07 Å². The normalized spacial score (nSPS) is 12.7. The summed E-state index contributed by atoms with van der Waals surface area (Å²) in [5.74, 6) is 0.827. The lowest BCUT2D eigenvalue weighted by Crippen LogP contribution is -2.06. The van der Waals surface area contributed by atoms with Gasteiger partial charge in [0.25, 0.3) is 5.95 Å². The van der Waals surface area contributed by atoms with Crippen LogP contribution in [0.25, 0.3) is 5.57 Å². The van der Waals surface area contributed by atoms with Gasteiger partial charge in [-0.05, 0) is 32.8 Å². The molecule has 1 aromatic rings. The van der Waals surface area contributed by atoms with Crippen molar-refractivity contribution < 1.29 is 9.15 Å². The first-order valence-corrected chi connectivity index (χ1v) is 6.03. The van der Waals surface area contributed by atoms with E-state index in [4.69, 9.17) is 9.15 Å². The van der Waals surface area contributed by atoms with Crippen LogP contribution >= 0.6 is 0 Å². The predicted molar refractivity (Wildman–Crippen MR) is 74.0 cm³/mol. The summed E-state index contributed by atoms with van der Waals surface area (Å²) in [5, 5.41) is 0. The van der Waals surface area contributed by atoms with Crippen LogP contribution in [-0.2, 0) is 0 Å². The molecular formula is C15H20O3. The van der Waals surface area contributed by atoms with E-state index in [1.807, 2.05) is 19.9 Å². The van der Waals surface area contributed by atoms with Gasteiger partial charge in [-0.15, -0.1) is 0 Å². The molecule has 18 heavy (non-hydrogen) atoms. The van der Waals surface area contributed by atoms with Gasteiger partial charge in [-0.25, -0.2) is 0 Å². The Labute approximate surface area is 108 Å². The minimum atomic E-state index is -0.0713. The molecule has 0 saturated carbocycles. The Kier molecular flexibility index (Phi) is 4.95. The van der Waals surface area contributed by atoms with Gasteiger partial charge < -0.3 is 9.15 Å². The zero-order valence-corrected chi connectivity index (χ0v) is 11.7. The minimum Gasteiger partial charge on any atom is -0.468 e. The molecule has 1 aromatic heterocycles. The third-order valence-corrected chi connectivity index (χ3v) is 2.68. The van der Waals surface area contributed by atoms with Crippen LogP contribution in [0.5, 0.6) is 5.95 Å². The Morgan fingerprint density at radius 2 is 2.11 bits per heavy atom. The Balaban J connectivity index is 3.22. The molecule has 3 heteroatoms. The number of allylic oxidation sites excluding steroid dienone is 4. The van der Waals surface area contributed by atoms with Crippen LogP contribution < -0.4 is 10.2 Å². The van der Waals surface area contributed by atoms with Crippen LogP contribution in [0.4, 0.5) is 0 Å². The summed E-state index contributed by atoms with van der Waals surface area (Å²) in [6.07, 6.45) is 5.10. The first kappa shape index (κ1) is 14.3. The maximum Gasteiger partial charge on any atom is 0.291 e. The molecule has 0 N–H and O–H groups in total. The summed E-state index contributed by atoms with van der Waals surface area (Å²) in [6, 6.07) is 1.50. The van der Waals surface area contributed by atoms with E-state index < -0.39 is 0 Å². The Morgan fingerprint density at radius 3 is 2.67 bits per heavy atom. The molecule has 0 amide bonds. The SMILES string of the molecule is CC/C=C(C)\C=C(/C)c1cc(=O)c(C)c(OC)o1. The molecule has 0 fully saturated rings. The zero-order valence-electron chi connectivity index (χ0n) is 11.7. The average Bonchev–Trinajstić information content (AvgIpc) is 2.32. The summed E-state index contributed by atoms with van der Waals surface area (Å²) in [4.78, 5) is 11.8. The van der Waals surface area contributed by atoms with E-state index in [-0.39, 0.29) is 11.4 Å². The third kappa shape index (κ3) is 3.36. The van der Waals surface area contributed by atoms with Crippen LogP contribution in [0, 0.1) is 6.92 Å². The molecule has 3 nitrogen and oxygen atoms in total. The van der Waals surface area contributed by atoms with Crippen LogP contribution in [-0.4, -0.2) is 7.11 Å². The maximum atomic E-state index is 11.8. The molecule has 0 aliphatic rings. The lowest BCUT2D eigenvalue weighted by atomic mass is 10.1. The van der Waals surface area contributed by atoms with Crippen molar-refractivity contribution in [2.24, 2.45) is 0 Å². The van der Waals surface area contributed by atoms with Crippen LogP contribution in [0.3, 0.4) is 0 Å². The predicted octanol–water partition coefficient (Wildman–Crippen LogP) is 3.72. The lowest BCUT2D eigenvalue weighted by Gasteiger charge is -2.06. The van der Waals surface area contributed by atoms with Gasteiger partial charge in [0.2, 0.25) is 0 Å². The highest BCUT2D eigenvalue weighted by molar-refractivity contribution is 5.62. The highest BCUT2D eigenvalue weighted by Crippen LogP contribution is 2.21. The van der Waals surface area contributed by atoms with Crippen LogP contribution in [0.2, 0.25) is 0 Å². The van der Waals surface area contributed by atoms with Gasteiger partial charge in [0.1, 0.15) is 5.76 Å². The maximum absolute atomic E-state index is 11.8. The van der Waals surface area contributed by atoms with Crippen molar-refractivity contribution in [2.75, 3.05) is 7.11 Å². The molecule has 98 valence electrons. The van der Waals surface area contributed by atoms with Crippen LogP contribution in [0.1, 0.15) is 38.5 Å². The second kappa shape index (κ2) is 6.24. The number of methoxy groups -OCH3 is 1. The van der Waals surface area contributed by atoms with Gasteiger partial charge in [-0.3, -0.25) is 4.79 Å². The van der Waals surface area contributed by atoms with Crippen molar-refractivity contribution in [2.45, 2.75) is 34.1 Å². The first-order valence-electron chi connectivity index (χ1n) is 6.03. The minimum absolute atomic E-state index is 0.0713. The summed E-state index contributed by atoms with van der Waals surface area (Å²) >= 11 is 0. The Morgan fingerprint density at radius 1 is 1.44 bits per heavy atom. The third-order valence-electron chi connectivity index (χ3n) is 2.68. The summed E-state index contributed by atoms with van der Waals surface area (Å²) < 4.78 is 10.6. The Hall–Kier alpha value is -1.77. The molecule has 0 radical (unpaired) electrons. The van der Waals surface area contributed by atoms with Gasteiger partial charge >= 0.3 is 0 Å². The number of ether oxygens (including phenoxy) is 1. The smallest absolute Gasteiger partial charge is 0.291 e. The fourth-order valence-corrected chi connectivity index (χ4v) is 1.72. The van der Waals surface area contributed by atoms with E-state index in [9.17, 15) is 4.79 Å². The monoisotopic (exact) mass is 248 g/mol. The van der Waals surface area contributed by atoms with Gasteiger partial charge in [0.15, 0.2) is 5.43 Å². The topological polar surface area (TPSA) is 39.4 Å². The van der Waals surface area contributed by atoms with E-state index in [1.54, 1.807) is 6.92 Å². The zero-order chi connectivity index (χ0) is 13.7. The molecule has 0 bridgehead atoms. The van der Waals surface area contributed by atoms with E-state index in [0.717, 1.165) is 17.6 Å². The molecular weight excluding hydrogens is 228 g/mol. The highest BCUT2D eigenvalue weighted by atomic mass is 16.6. The van der Waals surface area contributed by atoms with E-state index in [2.05, 4.69) is 13.0 Å². The van der Waals surface area contributed by atoms with Crippen molar-refractivity contribution in [3.63, 3.8) is 0 Å².